The van der Waals surface area contributed by atoms with Crippen LogP contribution in [0.3, 0.4) is 0 Å². The zero-order valence-corrected chi connectivity index (χ0v) is 19.6. The second-order valence-electron chi connectivity index (χ2n) is 7.46. The Morgan fingerprint density at radius 3 is 2.85 bits per heavy atom. The number of nitrogens with zero attached hydrogens (tertiary/aromatic N) is 2. The number of halogens is 1. The highest BCUT2D eigenvalue weighted by Crippen LogP contribution is 2.23. The summed E-state index contributed by atoms with van der Waals surface area (Å²) in [7, 11) is 0. The molecule has 2 atom stereocenters. The fraction of sp³-hybridized carbons (Fsp3) is 0.737. The van der Waals surface area contributed by atoms with Gasteiger partial charge in [0, 0.05) is 25.7 Å². The Balaban J connectivity index is 0.00000338. The Hall–Kier alpha value is -0.380. The number of thiophene rings is 1. The van der Waals surface area contributed by atoms with Gasteiger partial charge in [-0.2, -0.15) is 11.3 Å². The summed E-state index contributed by atoms with van der Waals surface area (Å²) in [5.74, 6) is 1.44. The first kappa shape index (κ1) is 23.7. The molecule has 150 valence electrons. The smallest absolute Gasteiger partial charge is 0.191 e. The van der Waals surface area contributed by atoms with E-state index in [4.69, 9.17) is 0 Å². The highest BCUT2D eigenvalue weighted by atomic mass is 127. The summed E-state index contributed by atoms with van der Waals surface area (Å²) < 4.78 is 0. The molecule has 2 unspecified atom stereocenters. The van der Waals surface area contributed by atoms with E-state index in [1.54, 1.807) is 11.3 Å². The molecule has 0 saturated carbocycles. The highest BCUT2D eigenvalue weighted by molar-refractivity contribution is 14.0. The average molecular weight is 494 g/mol. The Bertz CT molecular complexity index is 534. The third-order valence-corrected chi connectivity index (χ3v) is 5.55. The fourth-order valence-corrected chi connectivity index (χ4v) is 3.99. The van der Waals surface area contributed by atoms with Crippen molar-refractivity contribution in [3.05, 3.63) is 22.4 Å². The molecule has 1 aliphatic rings. The number of likely N-dealkylation sites (tertiary alicyclic amines) is 1. The van der Waals surface area contributed by atoms with Gasteiger partial charge in [-0.3, -0.25) is 0 Å². The van der Waals surface area contributed by atoms with Crippen molar-refractivity contribution < 1.29 is 5.11 Å². The quantitative estimate of drug-likeness (QED) is 0.310. The van der Waals surface area contributed by atoms with Gasteiger partial charge in [-0.15, -0.1) is 24.0 Å². The van der Waals surface area contributed by atoms with E-state index in [-0.39, 0.29) is 24.0 Å². The topological polar surface area (TPSA) is 59.9 Å². The monoisotopic (exact) mass is 494 g/mol. The van der Waals surface area contributed by atoms with Crippen molar-refractivity contribution in [1.29, 1.82) is 0 Å². The van der Waals surface area contributed by atoms with E-state index in [1.807, 2.05) is 23.8 Å². The molecule has 7 heteroatoms. The average Bonchev–Trinajstić information content (AvgIpc) is 3.13. The summed E-state index contributed by atoms with van der Waals surface area (Å²) >= 11 is 1.60. The molecule has 2 rings (SSSR count). The van der Waals surface area contributed by atoms with Crippen LogP contribution in [0.4, 0.5) is 0 Å². The molecule has 0 aromatic carbocycles. The Morgan fingerprint density at radius 1 is 1.46 bits per heavy atom. The van der Waals surface area contributed by atoms with Crippen molar-refractivity contribution in [2.75, 3.05) is 32.7 Å². The van der Waals surface area contributed by atoms with E-state index < -0.39 is 5.60 Å². The van der Waals surface area contributed by atoms with Crippen LogP contribution in [-0.4, -0.2) is 54.7 Å². The van der Waals surface area contributed by atoms with Crippen LogP contribution in [0, 0.1) is 5.92 Å². The molecule has 1 aromatic heterocycles. The van der Waals surface area contributed by atoms with Gasteiger partial charge in [0.1, 0.15) is 5.60 Å². The van der Waals surface area contributed by atoms with Crippen LogP contribution >= 0.6 is 35.3 Å². The van der Waals surface area contributed by atoms with Gasteiger partial charge in [0.15, 0.2) is 5.96 Å². The number of aliphatic imine (C=N–C) groups is 1. The van der Waals surface area contributed by atoms with E-state index in [9.17, 15) is 5.11 Å². The SMILES string of the molecule is CCNC(=NCC(C)(O)c1ccsc1)NCC1CCCN(C(C)C)C1.I. The zero-order valence-electron chi connectivity index (χ0n) is 16.5. The van der Waals surface area contributed by atoms with Crippen molar-refractivity contribution >= 4 is 41.3 Å². The standard InChI is InChI=1S/C19H34N4OS.HI/c1-5-20-18(22-14-19(4,24)17-8-10-25-13-17)21-11-16-7-6-9-23(12-16)15(2)3;/h8,10,13,15-16,24H,5-7,9,11-12,14H2,1-4H3,(H2,20,21,22);1H. The first-order valence-corrected chi connectivity index (χ1v) is 10.4. The molecule has 1 aromatic rings. The van der Waals surface area contributed by atoms with Gasteiger partial charge in [0.05, 0.1) is 6.54 Å². The summed E-state index contributed by atoms with van der Waals surface area (Å²) in [6, 6.07) is 2.58. The van der Waals surface area contributed by atoms with Crippen LogP contribution in [0.1, 0.15) is 46.1 Å². The number of rotatable bonds is 7. The molecule has 1 aliphatic heterocycles. The maximum atomic E-state index is 10.6. The molecule has 0 spiro atoms. The van der Waals surface area contributed by atoms with Gasteiger partial charge in [-0.1, -0.05) is 0 Å². The molecular weight excluding hydrogens is 459 g/mol. The van der Waals surface area contributed by atoms with Crippen LogP contribution in [-0.2, 0) is 5.60 Å². The maximum Gasteiger partial charge on any atom is 0.191 e. The number of aliphatic hydroxyl groups is 1. The molecule has 0 radical (unpaired) electrons. The largest absolute Gasteiger partial charge is 0.383 e. The van der Waals surface area contributed by atoms with Crippen LogP contribution in [0.2, 0.25) is 0 Å². The first-order chi connectivity index (χ1) is 11.9. The lowest BCUT2D eigenvalue weighted by Crippen LogP contribution is -2.46. The minimum absolute atomic E-state index is 0. The van der Waals surface area contributed by atoms with Crippen molar-refractivity contribution in [3.8, 4) is 0 Å². The number of guanidine groups is 1. The van der Waals surface area contributed by atoms with E-state index in [0.717, 1.165) is 31.2 Å². The molecule has 1 fully saturated rings. The lowest BCUT2D eigenvalue weighted by molar-refractivity contribution is 0.0677. The molecular formula is C19H35IN4OS. The molecule has 2 heterocycles. The predicted molar refractivity (Wildman–Crippen MR) is 123 cm³/mol. The highest BCUT2D eigenvalue weighted by Gasteiger charge is 2.24. The van der Waals surface area contributed by atoms with Crippen LogP contribution < -0.4 is 10.6 Å². The molecule has 3 N–H and O–H groups in total. The summed E-state index contributed by atoms with van der Waals surface area (Å²) in [6.45, 7) is 12.9. The number of nitrogens with one attached hydrogen (secondary N) is 2. The minimum Gasteiger partial charge on any atom is -0.383 e. The molecule has 1 saturated heterocycles. The minimum atomic E-state index is -0.929. The summed E-state index contributed by atoms with van der Waals surface area (Å²) in [5, 5.41) is 21.4. The van der Waals surface area contributed by atoms with Crippen LogP contribution in [0.15, 0.2) is 21.8 Å². The number of piperidine rings is 1. The third kappa shape index (κ3) is 7.32. The summed E-state index contributed by atoms with van der Waals surface area (Å²) in [6.07, 6.45) is 2.54. The Labute approximate surface area is 179 Å². The van der Waals surface area contributed by atoms with Gasteiger partial charge >= 0.3 is 0 Å². The van der Waals surface area contributed by atoms with Crippen molar-refractivity contribution in [2.24, 2.45) is 10.9 Å². The Morgan fingerprint density at radius 2 is 2.23 bits per heavy atom. The first-order valence-electron chi connectivity index (χ1n) is 9.43. The molecule has 0 bridgehead atoms. The lowest BCUT2D eigenvalue weighted by Gasteiger charge is -2.35. The molecule has 26 heavy (non-hydrogen) atoms. The third-order valence-electron chi connectivity index (χ3n) is 4.87. The van der Waals surface area contributed by atoms with Crippen molar-refractivity contribution in [3.63, 3.8) is 0 Å². The van der Waals surface area contributed by atoms with Crippen molar-refractivity contribution in [2.45, 2.75) is 52.2 Å². The predicted octanol–water partition coefficient (Wildman–Crippen LogP) is 3.25. The Kier molecular flexibility index (Phi) is 10.4. The lowest BCUT2D eigenvalue weighted by atomic mass is 9.97. The van der Waals surface area contributed by atoms with E-state index >= 15 is 0 Å². The molecule has 0 amide bonds. The molecule has 5 nitrogen and oxygen atoms in total. The second-order valence-corrected chi connectivity index (χ2v) is 8.24. The van der Waals surface area contributed by atoms with Crippen molar-refractivity contribution in [1.82, 2.24) is 15.5 Å². The zero-order chi connectivity index (χ0) is 18.3. The number of hydrogen-bond donors (Lipinski definition) is 3. The normalized spacial score (nSPS) is 21.2. The van der Waals surface area contributed by atoms with E-state index in [2.05, 4.69) is 41.3 Å². The van der Waals surface area contributed by atoms with Crippen LogP contribution in [0.5, 0.6) is 0 Å². The van der Waals surface area contributed by atoms with Gasteiger partial charge in [-0.05, 0) is 75.4 Å². The fourth-order valence-electron chi connectivity index (χ4n) is 3.21. The van der Waals surface area contributed by atoms with E-state index in [1.165, 1.54) is 19.4 Å². The van der Waals surface area contributed by atoms with Gasteiger partial charge < -0.3 is 20.6 Å². The van der Waals surface area contributed by atoms with Gasteiger partial charge in [0.2, 0.25) is 0 Å². The van der Waals surface area contributed by atoms with Crippen LogP contribution in [0.25, 0.3) is 0 Å². The van der Waals surface area contributed by atoms with Gasteiger partial charge in [0.25, 0.3) is 0 Å². The van der Waals surface area contributed by atoms with Gasteiger partial charge in [-0.25, -0.2) is 4.99 Å². The second kappa shape index (κ2) is 11.5. The van der Waals surface area contributed by atoms with E-state index in [0.29, 0.717) is 18.5 Å². The summed E-state index contributed by atoms with van der Waals surface area (Å²) in [5.41, 5.74) is -0.00120. The maximum absolute atomic E-state index is 10.6. The molecule has 0 aliphatic carbocycles. The number of hydrogen-bond acceptors (Lipinski definition) is 4. The summed E-state index contributed by atoms with van der Waals surface area (Å²) in [4.78, 5) is 7.17.